The Bertz CT molecular complexity index is 1420. The minimum Gasteiger partial charge on any atom is -0.493 e. The van der Waals surface area contributed by atoms with Crippen molar-refractivity contribution in [1.82, 2.24) is 5.32 Å². The fourth-order valence-corrected chi connectivity index (χ4v) is 4.68. The maximum absolute atomic E-state index is 12.5. The molecule has 0 saturated carbocycles. The van der Waals surface area contributed by atoms with E-state index in [0.717, 1.165) is 21.2 Å². The lowest BCUT2D eigenvalue weighted by Gasteiger charge is -2.13. The number of methoxy groups -OCH3 is 1. The van der Waals surface area contributed by atoms with Crippen molar-refractivity contribution in [1.29, 1.82) is 5.26 Å². The molecule has 0 atom stereocenters. The number of carbonyl (C=O) groups is 1. The predicted octanol–water partition coefficient (Wildman–Crippen LogP) is 6.76. The van der Waals surface area contributed by atoms with Crippen LogP contribution in [0.2, 0.25) is 5.02 Å². The monoisotopic (exact) mass is 567 g/mol. The Morgan fingerprint density at radius 1 is 1.20 bits per heavy atom. The van der Waals surface area contributed by atoms with Crippen molar-refractivity contribution in [2.24, 2.45) is 4.99 Å². The van der Waals surface area contributed by atoms with Gasteiger partial charge in [0.15, 0.2) is 16.7 Å². The summed E-state index contributed by atoms with van der Waals surface area (Å²) in [5.74, 6) is 0.767. The van der Waals surface area contributed by atoms with Crippen LogP contribution in [-0.4, -0.2) is 18.2 Å². The molecule has 1 saturated heterocycles. The van der Waals surface area contributed by atoms with Crippen LogP contribution in [0.4, 0.5) is 5.69 Å². The quantitative estimate of drug-likeness (QED) is 0.332. The minimum atomic E-state index is -0.244. The molecule has 0 spiro atoms. The topological polar surface area (TPSA) is 83.7 Å². The van der Waals surface area contributed by atoms with E-state index in [9.17, 15) is 10.1 Å². The van der Waals surface area contributed by atoms with Crippen molar-refractivity contribution in [3.8, 4) is 17.6 Å². The zero-order valence-electron chi connectivity index (χ0n) is 18.8. The van der Waals surface area contributed by atoms with Crippen LogP contribution in [0.3, 0.4) is 0 Å². The second kappa shape index (κ2) is 11.0. The first-order valence-corrected chi connectivity index (χ1v) is 12.4. The lowest BCUT2D eigenvalue weighted by Crippen LogP contribution is -2.19. The molecule has 0 unspecified atom stereocenters. The molecular formula is C26H19BrClN3O3S. The van der Waals surface area contributed by atoms with Crippen LogP contribution < -0.4 is 14.8 Å². The lowest BCUT2D eigenvalue weighted by atomic mass is 10.1. The number of aryl methyl sites for hydroxylation is 1. The van der Waals surface area contributed by atoms with Gasteiger partial charge < -0.3 is 14.8 Å². The molecule has 0 aliphatic carbocycles. The van der Waals surface area contributed by atoms with Gasteiger partial charge in [-0.3, -0.25) is 4.79 Å². The number of nitriles is 1. The van der Waals surface area contributed by atoms with Gasteiger partial charge in [0.05, 0.1) is 29.3 Å². The summed E-state index contributed by atoms with van der Waals surface area (Å²) in [5.41, 5.74) is 3.69. The summed E-state index contributed by atoms with van der Waals surface area (Å²) < 4.78 is 12.2. The van der Waals surface area contributed by atoms with E-state index >= 15 is 0 Å². The number of nitrogens with zero attached hydrogens (tertiary/aromatic N) is 2. The van der Waals surface area contributed by atoms with Crippen LogP contribution in [-0.2, 0) is 11.4 Å². The van der Waals surface area contributed by atoms with Gasteiger partial charge in [-0.05, 0) is 66.2 Å². The van der Waals surface area contributed by atoms with Gasteiger partial charge >= 0.3 is 0 Å². The van der Waals surface area contributed by atoms with Crippen LogP contribution in [0.5, 0.6) is 11.5 Å². The largest absolute Gasteiger partial charge is 0.493 e. The average Bonchev–Trinajstić information content (AvgIpc) is 3.19. The van der Waals surface area contributed by atoms with E-state index in [0.29, 0.717) is 37.8 Å². The van der Waals surface area contributed by atoms with Crippen molar-refractivity contribution >= 4 is 62.1 Å². The Hall–Kier alpha value is -3.25. The number of nitrogens with one attached hydrogen (secondary N) is 1. The summed E-state index contributed by atoms with van der Waals surface area (Å²) in [6.45, 7) is 2.13. The molecule has 0 aromatic heterocycles. The third kappa shape index (κ3) is 5.88. The molecule has 176 valence electrons. The van der Waals surface area contributed by atoms with Crippen molar-refractivity contribution in [2.45, 2.75) is 13.5 Å². The first-order valence-electron chi connectivity index (χ1n) is 10.4. The van der Waals surface area contributed by atoms with Gasteiger partial charge in [0.25, 0.3) is 5.91 Å². The summed E-state index contributed by atoms with van der Waals surface area (Å²) in [6, 6.07) is 18.5. The van der Waals surface area contributed by atoms with E-state index in [2.05, 4.69) is 32.3 Å². The Morgan fingerprint density at radius 2 is 2.00 bits per heavy atom. The summed E-state index contributed by atoms with van der Waals surface area (Å²) >= 11 is 11.0. The van der Waals surface area contributed by atoms with Crippen molar-refractivity contribution in [2.75, 3.05) is 7.11 Å². The molecule has 1 aliphatic rings. The average molecular weight is 569 g/mol. The lowest BCUT2D eigenvalue weighted by molar-refractivity contribution is -0.115. The predicted molar refractivity (Wildman–Crippen MR) is 143 cm³/mol. The number of aliphatic imine (C=N–C) groups is 1. The molecule has 0 bridgehead atoms. The van der Waals surface area contributed by atoms with E-state index in [4.69, 9.17) is 21.1 Å². The van der Waals surface area contributed by atoms with E-state index in [1.807, 2.05) is 37.3 Å². The highest BCUT2D eigenvalue weighted by molar-refractivity contribution is 9.10. The standard InChI is InChI=1S/C26H19BrClN3O3S/c1-15-7-8-19(11-21(15)28)30-26-31-25(32)24(35-26)10-18-9-22(33-2)23(12-20(18)27)34-14-17-6-4-3-5-16(17)13-29/h3-12H,14H2,1-2H3,(H,30,31,32)/b24-10-. The fraction of sp³-hybridized carbons (Fsp3) is 0.115. The fourth-order valence-electron chi connectivity index (χ4n) is 3.23. The number of hydrogen-bond donors (Lipinski definition) is 1. The molecule has 3 aromatic rings. The third-order valence-corrected chi connectivity index (χ3v) is 7.13. The van der Waals surface area contributed by atoms with Crippen molar-refractivity contribution in [3.05, 3.63) is 91.3 Å². The first-order chi connectivity index (χ1) is 16.9. The summed E-state index contributed by atoms with van der Waals surface area (Å²) in [5, 5.41) is 13.2. The van der Waals surface area contributed by atoms with Crippen molar-refractivity contribution < 1.29 is 14.3 Å². The number of hydrogen-bond acceptors (Lipinski definition) is 6. The van der Waals surface area contributed by atoms with Gasteiger partial charge in [0.1, 0.15) is 6.61 Å². The highest BCUT2D eigenvalue weighted by Crippen LogP contribution is 2.37. The molecule has 1 heterocycles. The summed E-state index contributed by atoms with van der Waals surface area (Å²) in [6.07, 6.45) is 1.76. The van der Waals surface area contributed by atoms with Crippen LogP contribution in [0.15, 0.2) is 69.0 Å². The summed E-state index contributed by atoms with van der Waals surface area (Å²) in [7, 11) is 1.55. The van der Waals surface area contributed by atoms with Gasteiger partial charge in [-0.1, -0.05) is 51.8 Å². The molecule has 35 heavy (non-hydrogen) atoms. The molecule has 1 aliphatic heterocycles. The van der Waals surface area contributed by atoms with Crippen molar-refractivity contribution in [3.63, 3.8) is 0 Å². The number of amides is 1. The third-order valence-electron chi connectivity index (χ3n) is 5.13. The maximum Gasteiger partial charge on any atom is 0.264 e. The van der Waals surface area contributed by atoms with E-state index in [1.54, 1.807) is 37.5 Å². The SMILES string of the molecule is COc1cc(/C=C2\SC(=Nc3ccc(C)c(Cl)c3)NC2=O)c(Br)cc1OCc1ccccc1C#N. The number of benzene rings is 3. The number of amidine groups is 1. The van der Waals surface area contributed by atoms with Crippen LogP contribution in [0.1, 0.15) is 22.3 Å². The second-order valence-electron chi connectivity index (χ2n) is 7.50. The number of carbonyl (C=O) groups excluding carboxylic acids is 1. The van der Waals surface area contributed by atoms with E-state index in [-0.39, 0.29) is 12.5 Å². The summed E-state index contributed by atoms with van der Waals surface area (Å²) in [4.78, 5) is 17.5. The number of rotatable bonds is 6. The Kier molecular flexibility index (Phi) is 7.81. The van der Waals surface area contributed by atoms with Crippen LogP contribution >= 0.6 is 39.3 Å². The molecule has 4 rings (SSSR count). The van der Waals surface area contributed by atoms with E-state index in [1.165, 1.54) is 11.8 Å². The second-order valence-corrected chi connectivity index (χ2v) is 9.79. The minimum absolute atomic E-state index is 0.216. The number of thioether (sulfide) groups is 1. The molecular weight excluding hydrogens is 550 g/mol. The first kappa shape index (κ1) is 24.9. The van der Waals surface area contributed by atoms with Gasteiger partial charge in [0.2, 0.25) is 0 Å². The Labute approximate surface area is 220 Å². The van der Waals surface area contributed by atoms with E-state index < -0.39 is 0 Å². The van der Waals surface area contributed by atoms with Crippen LogP contribution in [0, 0.1) is 18.3 Å². The number of halogens is 2. The smallest absolute Gasteiger partial charge is 0.264 e. The zero-order chi connectivity index (χ0) is 24.9. The Morgan fingerprint density at radius 3 is 2.74 bits per heavy atom. The molecule has 9 heteroatoms. The molecule has 0 radical (unpaired) electrons. The molecule has 1 amide bonds. The van der Waals surface area contributed by atoms with Gasteiger partial charge in [0, 0.05) is 15.1 Å². The molecule has 1 fully saturated rings. The van der Waals surface area contributed by atoms with Gasteiger partial charge in [-0.15, -0.1) is 0 Å². The highest BCUT2D eigenvalue weighted by Gasteiger charge is 2.24. The maximum atomic E-state index is 12.5. The van der Waals surface area contributed by atoms with Gasteiger partial charge in [-0.25, -0.2) is 4.99 Å². The van der Waals surface area contributed by atoms with Gasteiger partial charge in [-0.2, -0.15) is 5.26 Å². The Balaban J connectivity index is 1.55. The highest BCUT2D eigenvalue weighted by atomic mass is 79.9. The number of ether oxygens (including phenoxy) is 2. The molecule has 1 N–H and O–H groups in total. The zero-order valence-corrected chi connectivity index (χ0v) is 21.9. The van der Waals surface area contributed by atoms with Crippen LogP contribution in [0.25, 0.3) is 6.08 Å². The normalized spacial score (nSPS) is 15.2. The molecule has 3 aromatic carbocycles. The molecule has 6 nitrogen and oxygen atoms in total.